The smallest absolute Gasteiger partial charge is 0.255 e. The summed E-state index contributed by atoms with van der Waals surface area (Å²) in [4.78, 5) is 12.7. The number of hydrogen-bond donors (Lipinski definition) is 1. The molecule has 6 heteroatoms. The highest BCUT2D eigenvalue weighted by Gasteiger charge is 2.22. The Labute approximate surface area is 178 Å². The Morgan fingerprint density at radius 1 is 1.03 bits per heavy atom. The molecule has 0 aliphatic rings. The minimum Gasteiger partial charge on any atom is -0.455 e. The van der Waals surface area contributed by atoms with Crippen LogP contribution in [0.15, 0.2) is 65.1 Å². The van der Waals surface area contributed by atoms with Crippen molar-refractivity contribution >= 4 is 28.5 Å². The zero-order valence-electron chi connectivity index (χ0n) is 16.5. The van der Waals surface area contributed by atoms with Crippen LogP contribution in [0.2, 0.25) is 5.02 Å². The molecule has 3 aromatic carbocycles. The number of nitrogens with one attached hydrogen (secondary N) is 1. The lowest BCUT2D eigenvalue weighted by molar-refractivity contribution is 0.0964. The molecule has 0 saturated carbocycles. The van der Waals surface area contributed by atoms with Crippen molar-refractivity contribution < 1.29 is 18.3 Å². The highest BCUT2D eigenvalue weighted by molar-refractivity contribution is 6.31. The third-order valence-electron chi connectivity index (χ3n) is 4.93. The van der Waals surface area contributed by atoms with Gasteiger partial charge in [0.05, 0.1) is 12.2 Å². The summed E-state index contributed by atoms with van der Waals surface area (Å²) in [7, 11) is 3.18. The lowest BCUT2D eigenvalue weighted by atomic mass is 9.99. The van der Waals surface area contributed by atoms with Gasteiger partial charge in [-0.15, -0.1) is 0 Å². The summed E-state index contributed by atoms with van der Waals surface area (Å²) < 4.78 is 24.6. The van der Waals surface area contributed by atoms with Crippen molar-refractivity contribution in [2.24, 2.45) is 0 Å². The van der Waals surface area contributed by atoms with Crippen molar-refractivity contribution in [2.45, 2.75) is 6.61 Å². The Morgan fingerprint density at radius 2 is 1.70 bits per heavy atom. The van der Waals surface area contributed by atoms with Crippen LogP contribution in [0.5, 0.6) is 0 Å². The van der Waals surface area contributed by atoms with E-state index in [4.69, 9.17) is 20.8 Å². The van der Waals surface area contributed by atoms with Gasteiger partial charge in [-0.05, 0) is 65.2 Å². The summed E-state index contributed by atoms with van der Waals surface area (Å²) in [6.45, 7) is 0.402. The number of furan rings is 1. The molecule has 0 aliphatic heterocycles. The van der Waals surface area contributed by atoms with E-state index < -0.39 is 0 Å². The molecule has 30 heavy (non-hydrogen) atoms. The van der Waals surface area contributed by atoms with Crippen LogP contribution in [-0.2, 0) is 11.3 Å². The van der Waals surface area contributed by atoms with Crippen LogP contribution in [0, 0.1) is 5.82 Å². The minimum absolute atomic E-state index is 0.276. The van der Waals surface area contributed by atoms with E-state index in [0.717, 1.165) is 16.7 Å². The maximum atomic E-state index is 13.4. The summed E-state index contributed by atoms with van der Waals surface area (Å²) in [6.07, 6.45) is 0. The van der Waals surface area contributed by atoms with Crippen LogP contribution < -0.4 is 5.32 Å². The van der Waals surface area contributed by atoms with E-state index in [1.807, 2.05) is 36.4 Å². The number of rotatable bonds is 5. The number of benzene rings is 3. The van der Waals surface area contributed by atoms with Gasteiger partial charge in [-0.1, -0.05) is 23.7 Å². The van der Waals surface area contributed by atoms with Crippen molar-refractivity contribution in [2.75, 3.05) is 14.2 Å². The fourth-order valence-corrected chi connectivity index (χ4v) is 3.62. The number of carbonyl (C=O) groups is 1. The number of ether oxygens (including phenoxy) is 1. The summed E-state index contributed by atoms with van der Waals surface area (Å²) in [5.41, 5.74) is 4.34. The molecule has 0 radical (unpaired) electrons. The highest BCUT2D eigenvalue weighted by Crippen LogP contribution is 2.36. The first kappa shape index (κ1) is 20.1. The molecular weight excluding hydrogens is 405 g/mol. The molecule has 1 N–H and O–H groups in total. The van der Waals surface area contributed by atoms with Gasteiger partial charge < -0.3 is 14.5 Å². The van der Waals surface area contributed by atoms with Crippen molar-refractivity contribution in [1.82, 2.24) is 5.32 Å². The number of fused-ring (bicyclic) bond motifs is 1. The van der Waals surface area contributed by atoms with Gasteiger partial charge in [0, 0.05) is 30.1 Å². The largest absolute Gasteiger partial charge is 0.455 e. The van der Waals surface area contributed by atoms with Crippen LogP contribution in [0.1, 0.15) is 15.9 Å². The Bertz CT molecular complexity index is 1230. The number of amides is 1. The highest BCUT2D eigenvalue weighted by atomic mass is 35.5. The maximum absolute atomic E-state index is 13.4. The summed E-state index contributed by atoms with van der Waals surface area (Å²) >= 11 is 6.25. The van der Waals surface area contributed by atoms with Gasteiger partial charge >= 0.3 is 0 Å². The second-order valence-electron chi connectivity index (χ2n) is 6.84. The average molecular weight is 424 g/mol. The van der Waals surface area contributed by atoms with Gasteiger partial charge in [-0.3, -0.25) is 4.79 Å². The Hall–Kier alpha value is -3.15. The Kier molecular flexibility index (Phi) is 5.57. The lowest BCUT2D eigenvalue weighted by Crippen LogP contribution is -2.18. The van der Waals surface area contributed by atoms with Crippen LogP contribution >= 0.6 is 11.6 Å². The normalized spacial score (nSPS) is 11.1. The molecule has 0 spiro atoms. The van der Waals surface area contributed by atoms with Crippen LogP contribution in [-0.4, -0.2) is 20.1 Å². The molecule has 1 amide bonds. The van der Waals surface area contributed by atoms with E-state index in [1.54, 1.807) is 26.3 Å². The fraction of sp³-hybridized carbons (Fsp3) is 0.125. The number of carbonyl (C=O) groups excluding carboxylic acids is 1. The molecule has 4 nitrogen and oxygen atoms in total. The van der Waals surface area contributed by atoms with Gasteiger partial charge in [0.1, 0.15) is 17.2 Å². The zero-order valence-corrected chi connectivity index (χ0v) is 17.2. The van der Waals surface area contributed by atoms with Crippen LogP contribution in [0.25, 0.3) is 33.4 Å². The first-order valence-corrected chi connectivity index (χ1v) is 9.72. The molecule has 4 aromatic rings. The zero-order chi connectivity index (χ0) is 21.3. The average Bonchev–Trinajstić information content (AvgIpc) is 3.14. The molecule has 0 saturated heterocycles. The van der Waals surface area contributed by atoms with Gasteiger partial charge in [-0.25, -0.2) is 4.39 Å². The summed E-state index contributed by atoms with van der Waals surface area (Å²) in [6, 6.07) is 17.2. The van der Waals surface area contributed by atoms with Gasteiger partial charge in [0.25, 0.3) is 5.91 Å². The molecule has 1 aromatic heterocycles. The van der Waals surface area contributed by atoms with Crippen molar-refractivity contribution in [1.29, 1.82) is 0 Å². The SMILES string of the molecule is CNC(=O)c1c(-c2ccc(F)cc2)oc2ccc(-c3ccc(Cl)c(COC)c3)cc12. The second kappa shape index (κ2) is 8.30. The lowest BCUT2D eigenvalue weighted by Gasteiger charge is -2.08. The quantitative estimate of drug-likeness (QED) is 0.424. The molecule has 0 atom stereocenters. The van der Waals surface area contributed by atoms with E-state index >= 15 is 0 Å². The number of hydrogen-bond acceptors (Lipinski definition) is 3. The molecule has 0 unspecified atom stereocenters. The standard InChI is InChI=1S/C24H19ClFNO3/c1-27-24(28)22-19-12-16(15-5-9-20(25)17(11-15)13-29-2)6-10-21(19)30-23(22)14-3-7-18(26)8-4-14/h3-12H,13H2,1-2H3,(H,27,28). The van der Waals surface area contributed by atoms with E-state index in [1.165, 1.54) is 12.1 Å². The minimum atomic E-state index is -0.353. The fourth-order valence-electron chi connectivity index (χ4n) is 3.45. The molecule has 0 aliphatic carbocycles. The van der Waals surface area contributed by atoms with Crippen LogP contribution in [0.4, 0.5) is 4.39 Å². The third-order valence-corrected chi connectivity index (χ3v) is 5.30. The van der Waals surface area contributed by atoms with Crippen molar-refractivity contribution in [3.63, 3.8) is 0 Å². The van der Waals surface area contributed by atoms with E-state index in [-0.39, 0.29) is 11.7 Å². The molecular formula is C24H19ClFNO3. The molecule has 0 bridgehead atoms. The first-order chi connectivity index (χ1) is 14.5. The van der Waals surface area contributed by atoms with Crippen molar-refractivity contribution in [3.05, 3.63) is 82.6 Å². The van der Waals surface area contributed by atoms with Gasteiger partial charge in [-0.2, -0.15) is 0 Å². The Balaban J connectivity index is 1.89. The topological polar surface area (TPSA) is 51.5 Å². The van der Waals surface area contributed by atoms with Crippen molar-refractivity contribution in [3.8, 4) is 22.5 Å². The predicted octanol–water partition coefficient (Wildman–Crippen LogP) is 6.07. The Morgan fingerprint density at radius 3 is 2.40 bits per heavy atom. The van der Waals surface area contributed by atoms with E-state index in [9.17, 15) is 9.18 Å². The maximum Gasteiger partial charge on any atom is 0.255 e. The first-order valence-electron chi connectivity index (χ1n) is 9.34. The summed E-state index contributed by atoms with van der Waals surface area (Å²) in [5.74, 6) is -0.229. The van der Waals surface area contributed by atoms with E-state index in [0.29, 0.717) is 39.5 Å². The van der Waals surface area contributed by atoms with E-state index in [2.05, 4.69) is 5.32 Å². The number of methoxy groups -OCH3 is 1. The summed E-state index contributed by atoms with van der Waals surface area (Å²) in [5, 5.41) is 3.98. The molecule has 1 heterocycles. The molecule has 4 rings (SSSR count). The van der Waals surface area contributed by atoms with Gasteiger partial charge in [0.15, 0.2) is 0 Å². The van der Waals surface area contributed by atoms with Crippen LogP contribution in [0.3, 0.4) is 0 Å². The molecule has 152 valence electrons. The molecule has 0 fully saturated rings. The monoisotopic (exact) mass is 423 g/mol. The number of halogens is 2. The second-order valence-corrected chi connectivity index (χ2v) is 7.25. The predicted molar refractivity (Wildman–Crippen MR) is 116 cm³/mol. The van der Waals surface area contributed by atoms with Gasteiger partial charge in [0.2, 0.25) is 0 Å². The third kappa shape index (κ3) is 3.70.